The molecule has 1 saturated carbocycles. The van der Waals surface area contributed by atoms with E-state index < -0.39 is 0 Å². The molecule has 2 heteroatoms. The second-order valence-electron chi connectivity index (χ2n) is 6.41. The summed E-state index contributed by atoms with van der Waals surface area (Å²) in [5.41, 5.74) is 3.33. The van der Waals surface area contributed by atoms with E-state index in [0.29, 0.717) is 11.7 Å². The molecule has 3 unspecified atom stereocenters. The molecule has 0 spiro atoms. The molecule has 3 aliphatic rings. The largest absolute Gasteiger partial charge is 0.501 e. The van der Waals surface area contributed by atoms with Crippen molar-refractivity contribution in [3.8, 4) is 0 Å². The van der Waals surface area contributed by atoms with Gasteiger partial charge in [-0.25, -0.2) is 0 Å². The third kappa shape index (κ3) is 2.37. The number of Topliss-reactive ketones (excluding diaryl/α,β-unsaturated/α-hetero) is 1. The SMILES string of the molecule is COC1=CCC2=C(CCC3CC(C(C)=O)CCC23)C1. The molecule has 3 aliphatic carbocycles. The summed E-state index contributed by atoms with van der Waals surface area (Å²) in [4.78, 5) is 11.6. The van der Waals surface area contributed by atoms with E-state index in [4.69, 9.17) is 4.74 Å². The van der Waals surface area contributed by atoms with Crippen molar-refractivity contribution in [1.82, 2.24) is 0 Å². The number of allylic oxidation sites excluding steroid dienone is 3. The second kappa shape index (κ2) is 5.15. The molecule has 0 saturated heterocycles. The van der Waals surface area contributed by atoms with Crippen LogP contribution in [-0.4, -0.2) is 12.9 Å². The van der Waals surface area contributed by atoms with Gasteiger partial charge in [-0.2, -0.15) is 0 Å². The number of hydrogen-bond donors (Lipinski definition) is 0. The monoisotopic (exact) mass is 260 g/mol. The highest BCUT2D eigenvalue weighted by Gasteiger charge is 2.38. The Hall–Kier alpha value is -1.05. The molecule has 0 N–H and O–H groups in total. The molecular weight excluding hydrogens is 236 g/mol. The molecule has 2 nitrogen and oxygen atoms in total. The van der Waals surface area contributed by atoms with Gasteiger partial charge in [0.05, 0.1) is 12.9 Å². The fourth-order valence-corrected chi connectivity index (χ4v) is 4.35. The van der Waals surface area contributed by atoms with Gasteiger partial charge < -0.3 is 4.74 Å². The number of carbonyl (C=O) groups excluding carboxylic acids is 1. The lowest BCUT2D eigenvalue weighted by Crippen LogP contribution is -2.32. The van der Waals surface area contributed by atoms with Crippen molar-refractivity contribution in [2.45, 2.75) is 51.9 Å². The molecule has 0 aliphatic heterocycles. The summed E-state index contributed by atoms with van der Waals surface area (Å²) in [6.07, 6.45) is 10.4. The van der Waals surface area contributed by atoms with Crippen molar-refractivity contribution in [3.05, 3.63) is 23.0 Å². The van der Waals surface area contributed by atoms with E-state index in [0.717, 1.165) is 43.3 Å². The van der Waals surface area contributed by atoms with E-state index >= 15 is 0 Å². The number of methoxy groups -OCH3 is 1. The Morgan fingerprint density at radius 3 is 2.89 bits per heavy atom. The van der Waals surface area contributed by atoms with Crippen LogP contribution in [0.3, 0.4) is 0 Å². The standard InChI is InChI=1S/C17H24O2/c1-11(18)12-5-7-16-13(9-12)3-4-14-10-15(19-2)6-8-17(14)16/h6,12-13,16H,3-5,7-10H2,1-2H3. The van der Waals surface area contributed by atoms with Gasteiger partial charge in [0.1, 0.15) is 5.78 Å². The van der Waals surface area contributed by atoms with E-state index in [2.05, 4.69) is 6.08 Å². The molecule has 0 bridgehead atoms. The maximum absolute atomic E-state index is 11.6. The Morgan fingerprint density at radius 2 is 2.16 bits per heavy atom. The highest BCUT2D eigenvalue weighted by molar-refractivity contribution is 5.78. The Bertz CT molecular complexity index is 444. The first-order valence-corrected chi connectivity index (χ1v) is 7.63. The molecule has 19 heavy (non-hydrogen) atoms. The van der Waals surface area contributed by atoms with Crippen LogP contribution in [0.4, 0.5) is 0 Å². The van der Waals surface area contributed by atoms with E-state index in [1.807, 2.05) is 0 Å². The van der Waals surface area contributed by atoms with Gasteiger partial charge in [0.2, 0.25) is 0 Å². The molecule has 0 heterocycles. The Balaban J connectivity index is 1.75. The van der Waals surface area contributed by atoms with Gasteiger partial charge in [0, 0.05) is 12.3 Å². The van der Waals surface area contributed by atoms with Crippen LogP contribution in [0.5, 0.6) is 0 Å². The average molecular weight is 260 g/mol. The van der Waals surface area contributed by atoms with Crippen LogP contribution in [0.15, 0.2) is 23.0 Å². The van der Waals surface area contributed by atoms with Gasteiger partial charge in [0.15, 0.2) is 0 Å². The second-order valence-corrected chi connectivity index (χ2v) is 6.41. The summed E-state index contributed by atoms with van der Waals surface area (Å²) in [6, 6.07) is 0. The third-order valence-corrected chi connectivity index (χ3v) is 5.48. The first-order valence-electron chi connectivity index (χ1n) is 7.63. The minimum Gasteiger partial charge on any atom is -0.501 e. The number of rotatable bonds is 2. The van der Waals surface area contributed by atoms with Gasteiger partial charge in [-0.15, -0.1) is 0 Å². The van der Waals surface area contributed by atoms with Crippen molar-refractivity contribution in [1.29, 1.82) is 0 Å². The molecule has 3 rings (SSSR count). The van der Waals surface area contributed by atoms with E-state index in [1.165, 1.54) is 19.3 Å². The zero-order chi connectivity index (χ0) is 13.4. The molecular formula is C17H24O2. The van der Waals surface area contributed by atoms with Gasteiger partial charge in [0.25, 0.3) is 0 Å². The first kappa shape index (κ1) is 13.0. The predicted octanol–water partition coefficient (Wildman–Crippen LogP) is 4.02. The van der Waals surface area contributed by atoms with Crippen molar-refractivity contribution in [3.63, 3.8) is 0 Å². The summed E-state index contributed by atoms with van der Waals surface area (Å²) in [5, 5.41) is 0. The molecule has 0 aromatic heterocycles. The summed E-state index contributed by atoms with van der Waals surface area (Å²) < 4.78 is 5.41. The molecule has 0 aromatic carbocycles. The highest BCUT2D eigenvalue weighted by atomic mass is 16.5. The van der Waals surface area contributed by atoms with Crippen LogP contribution in [0.25, 0.3) is 0 Å². The zero-order valence-electron chi connectivity index (χ0n) is 12.1. The lowest BCUT2D eigenvalue weighted by atomic mass is 9.63. The number of carbonyl (C=O) groups is 1. The lowest BCUT2D eigenvalue weighted by molar-refractivity contribution is -0.122. The molecule has 3 atom stereocenters. The van der Waals surface area contributed by atoms with Gasteiger partial charge in [-0.05, 0) is 63.4 Å². The Kier molecular flexibility index (Phi) is 3.51. The van der Waals surface area contributed by atoms with Crippen molar-refractivity contribution >= 4 is 5.78 Å². The summed E-state index contributed by atoms with van der Waals surface area (Å²) >= 11 is 0. The number of ketones is 1. The fraction of sp³-hybridized carbons (Fsp3) is 0.706. The van der Waals surface area contributed by atoms with Crippen LogP contribution in [0, 0.1) is 17.8 Å². The maximum Gasteiger partial charge on any atom is 0.132 e. The maximum atomic E-state index is 11.6. The minimum absolute atomic E-state index is 0.345. The summed E-state index contributed by atoms with van der Waals surface area (Å²) in [5.74, 6) is 3.42. The third-order valence-electron chi connectivity index (χ3n) is 5.48. The molecule has 1 fully saturated rings. The molecule has 0 amide bonds. The summed E-state index contributed by atoms with van der Waals surface area (Å²) in [7, 11) is 1.78. The topological polar surface area (TPSA) is 26.3 Å². The van der Waals surface area contributed by atoms with E-state index in [9.17, 15) is 4.79 Å². The van der Waals surface area contributed by atoms with Crippen LogP contribution >= 0.6 is 0 Å². The normalized spacial score (nSPS) is 34.2. The Labute approximate surface area is 115 Å². The van der Waals surface area contributed by atoms with Crippen molar-refractivity contribution in [2.75, 3.05) is 7.11 Å². The molecule has 104 valence electrons. The van der Waals surface area contributed by atoms with Crippen molar-refractivity contribution < 1.29 is 9.53 Å². The molecule has 0 aromatic rings. The summed E-state index contributed by atoms with van der Waals surface area (Å²) in [6.45, 7) is 1.77. The first-order chi connectivity index (χ1) is 9.19. The quantitative estimate of drug-likeness (QED) is 0.701. The minimum atomic E-state index is 0.345. The number of hydrogen-bond acceptors (Lipinski definition) is 2. The smallest absolute Gasteiger partial charge is 0.132 e. The number of ether oxygens (including phenoxy) is 1. The average Bonchev–Trinajstić information content (AvgIpc) is 2.45. The van der Waals surface area contributed by atoms with E-state index in [-0.39, 0.29) is 0 Å². The number of fused-ring (bicyclic) bond motifs is 2. The van der Waals surface area contributed by atoms with Crippen LogP contribution < -0.4 is 0 Å². The van der Waals surface area contributed by atoms with Crippen LogP contribution in [0.1, 0.15) is 51.9 Å². The fourth-order valence-electron chi connectivity index (χ4n) is 4.35. The van der Waals surface area contributed by atoms with Crippen molar-refractivity contribution in [2.24, 2.45) is 17.8 Å². The van der Waals surface area contributed by atoms with E-state index in [1.54, 1.807) is 25.2 Å². The van der Waals surface area contributed by atoms with Gasteiger partial charge >= 0.3 is 0 Å². The van der Waals surface area contributed by atoms with Crippen LogP contribution in [-0.2, 0) is 9.53 Å². The zero-order valence-corrected chi connectivity index (χ0v) is 12.1. The van der Waals surface area contributed by atoms with Gasteiger partial charge in [-0.1, -0.05) is 11.1 Å². The van der Waals surface area contributed by atoms with Crippen LogP contribution in [0.2, 0.25) is 0 Å². The Morgan fingerprint density at radius 1 is 1.32 bits per heavy atom. The lowest BCUT2D eigenvalue weighted by Gasteiger charge is -2.42. The molecule has 0 radical (unpaired) electrons. The predicted molar refractivity (Wildman–Crippen MR) is 75.6 cm³/mol. The highest BCUT2D eigenvalue weighted by Crippen LogP contribution is 2.49. The van der Waals surface area contributed by atoms with Gasteiger partial charge in [-0.3, -0.25) is 4.79 Å².